The highest BCUT2D eigenvalue weighted by atomic mass is 16.5. The quantitative estimate of drug-likeness (QED) is 0.828. The first-order chi connectivity index (χ1) is 8.83. The topological polar surface area (TPSA) is 24.5 Å². The molecule has 104 valence electrons. The van der Waals surface area contributed by atoms with E-state index in [1.807, 2.05) is 7.11 Å². The second kappa shape index (κ2) is 5.48. The molecule has 3 aliphatic rings. The fraction of sp³-hybridized carbons (Fsp3) is 1.00. The number of ether oxygens (including phenoxy) is 1. The lowest BCUT2D eigenvalue weighted by Crippen LogP contribution is -2.61. The minimum absolute atomic E-state index is 0.483. The van der Waals surface area contributed by atoms with Gasteiger partial charge in [-0.25, -0.2) is 0 Å². The highest BCUT2D eigenvalue weighted by Gasteiger charge is 2.42. The Balaban J connectivity index is 1.68. The van der Waals surface area contributed by atoms with E-state index in [1.165, 1.54) is 51.6 Å². The Labute approximate surface area is 111 Å². The van der Waals surface area contributed by atoms with Crippen molar-refractivity contribution in [3.8, 4) is 0 Å². The molecule has 18 heavy (non-hydrogen) atoms. The predicted molar refractivity (Wildman–Crippen MR) is 73.7 cm³/mol. The number of rotatable bonds is 4. The average molecular weight is 252 g/mol. The normalized spacial score (nSPS) is 42.3. The molecule has 2 aliphatic carbocycles. The second-order valence-electron chi connectivity index (χ2n) is 6.38. The van der Waals surface area contributed by atoms with Crippen molar-refractivity contribution in [1.29, 1.82) is 0 Å². The molecule has 1 saturated heterocycles. The molecule has 0 bridgehead atoms. The molecule has 0 radical (unpaired) electrons. The molecule has 3 nitrogen and oxygen atoms in total. The third kappa shape index (κ3) is 2.45. The van der Waals surface area contributed by atoms with Gasteiger partial charge in [-0.15, -0.1) is 0 Å². The minimum atomic E-state index is 0.483. The van der Waals surface area contributed by atoms with Crippen LogP contribution in [0.2, 0.25) is 0 Å². The Hall–Kier alpha value is -0.120. The molecule has 0 amide bonds. The van der Waals surface area contributed by atoms with Crippen molar-refractivity contribution >= 4 is 0 Å². The Kier molecular flexibility index (Phi) is 3.92. The SMILES string of the molecule is CCC1CNC(C2CC2)CN1C1CCCC1OC. The summed E-state index contributed by atoms with van der Waals surface area (Å²) in [5, 5.41) is 3.79. The average Bonchev–Trinajstić information content (AvgIpc) is 3.15. The van der Waals surface area contributed by atoms with E-state index in [0.717, 1.165) is 18.0 Å². The molecule has 4 unspecified atom stereocenters. The van der Waals surface area contributed by atoms with Crippen LogP contribution in [-0.4, -0.2) is 49.3 Å². The first kappa shape index (κ1) is 12.9. The fourth-order valence-electron chi connectivity index (χ4n) is 4.01. The Morgan fingerprint density at radius 2 is 2.06 bits per heavy atom. The summed E-state index contributed by atoms with van der Waals surface area (Å²) in [6.45, 7) is 4.77. The minimum Gasteiger partial charge on any atom is -0.380 e. The zero-order chi connectivity index (χ0) is 12.5. The van der Waals surface area contributed by atoms with Crippen LogP contribution in [0.4, 0.5) is 0 Å². The summed E-state index contributed by atoms with van der Waals surface area (Å²) in [6, 6.07) is 2.16. The summed E-state index contributed by atoms with van der Waals surface area (Å²) >= 11 is 0. The Bertz CT molecular complexity index is 280. The van der Waals surface area contributed by atoms with Gasteiger partial charge in [0.25, 0.3) is 0 Å². The van der Waals surface area contributed by atoms with Gasteiger partial charge in [0.1, 0.15) is 0 Å². The molecule has 3 fully saturated rings. The van der Waals surface area contributed by atoms with Gasteiger partial charge in [0.2, 0.25) is 0 Å². The summed E-state index contributed by atoms with van der Waals surface area (Å²) in [7, 11) is 1.89. The summed E-state index contributed by atoms with van der Waals surface area (Å²) < 4.78 is 5.72. The molecule has 1 heterocycles. The predicted octanol–water partition coefficient (Wildman–Crippen LogP) is 2.02. The van der Waals surface area contributed by atoms with Gasteiger partial charge >= 0.3 is 0 Å². The molecule has 3 heteroatoms. The first-order valence-corrected chi connectivity index (χ1v) is 7.85. The maximum atomic E-state index is 5.72. The number of hydrogen-bond donors (Lipinski definition) is 1. The molecular weight excluding hydrogens is 224 g/mol. The van der Waals surface area contributed by atoms with Crippen molar-refractivity contribution < 1.29 is 4.74 Å². The van der Waals surface area contributed by atoms with Crippen molar-refractivity contribution in [3.63, 3.8) is 0 Å². The zero-order valence-corrected chi connectivity index (χ0v) is 11.9. The molecule has 1 aliphatic heterocycles. The third-order valence-electron chi connectivity index (χ3n) is 5.30. The van der Waals surface area contributed by atoms with Gasteiger partial charge in [-0.1, -0.05) is 6.92 Å². The molecule has 0 spiro atoms. The van der Waals surface area contributed by atoms with Crippen molar-refractivity contribution in [2.24, 2.45) is 5.92 Å². The zero-order valence-electron chi connectivity index (χ0n) is 11.9. The van der Waals surface area contributed by atoms with Crippen molar-refractivity contribution in [1.82, 2.24) is 10.2 Å². The highest BCUT2D eigenvalue weighted by molar-refractivity contribution is 4.98. The molecule has 3 rings (SSSR count). The van der Waals surface area contributed by atoms with Gasteiger partial charge < -0.3 is 10.1 Å². The Morgan fingerprint density at radius 3 is 2.72 bits per heavy atom. The third-order valence-corrected chi connectivity index (χ3v) is 5.30. The van der Waals surface area contributed by atoms with Crippen LogP contribution in [0.1, 0.15) is 45.4 Å². The molecule has 1 N–H and O–H groups in total. The van der Waals surface area contributed by atoms with Crippen LogP contribution in [0, 0.1) is 5.92 Å². The lowest BCUT2D eigenvalue weighted by atomic mass is 9.99. The summed E-state index contributed by atoms with van der Waals surface area (Å²) in [4.78, 5) is 2.79. The van der Waals surface area contributed by atoms with Gasteiger partial charge in [-0.3, -0.25) is 4.90 Å². The van der Waals surface area contributed by atoms with Crippen molar-refractivity contribution in [2.75, 3.05) is 20.2 Å². The Morgan fingerprint density at radius 1 is 1.22 bits per heavy atom. The van der Waals surface area contributed by atoms with Gasteiger partial charge in [-0.2, -0.15) is 0 Å². The summed E-state index contributed by atoms with van der Waals surface area (Å²) in [5.74, 6) is 0.965. The van der Waals surface area contributed by atoms with E-state index in [2.05, 4.69) is 17.1 Å². The number of piperazine rings is 1. The monoisotopic (exact) mass is 252 g/mol. The van der Waals surface area contributed by atoms with Crippen LogP contribution in [0.25, 0.3) is 0 Å². The molecule has 2 saturated carbocycles. The lowest BCUT2D eigenvalue weighted by molar-refractivity contribution is -0.00638. The van der Waals surface area contributed by atoms with E-state index in [4.69, 9.17) is 4.74 Å². The maximum Gasteiger partial charge on any atom is 0.0726 e. The molecule has 0 aromatic heterocycles. The summed E-state index contributed by atoms with van der Waals surface area (Å²) in [5.41, 5.74) is 0. The van der Waals surface area contributed by atoms with Crippen LogP contribution < -0.4 is 5.32 Å². The van der Waals surface area contributed by atoms with Crippen LogP contribution in [-0.2, 0) is 4.74 Å². The second-order valence-corrected chi connectivity index (χ2v) is 6.38. The smallest absolute Gasteiger partial charge is 0.0726 e. The van der Waals surface area contributed by atoms with Crippen molar-refractivity contribution in [2.45, 2.75) is 69.7 Å². The van der Waals surface area contributed by atoms with E-state index < -0.39 is 0 Å². The maximum absolute atomic E-state index is 5.72. The largest absolute Gasteiger partial charge is 0.380 e. The first-order valence-electron chi connectivity index (χ1n) is 7.85. The van der Waals surface area contributed by atoms with Gasteiger partial charge in [-0.05, 0) is 44.4 Å². The van der Waals surface area contributed by atoms with Gasteiger partial charge in [0, 0.05) is 38.3 Å². The van der Waals surface area contributed by atoms with E-state index in [-0.39, 0.29) is 0 Å². The fourth-order valence-corrected chi connectivity index (χ4v) is 4.01. The van der Waals surface area contributed by atoms with E-state index in [1.54, 1.807) is 0 Å². The van der Waals surface area contributed by atoms with E-state index >= 15 is 0 Å². The van der Waals surface area contributed by atoms with Gasteiger partial charge in [0.05, 0.1) is 6.10 Å². The van der Waals surface area contributed by atoms with Crippen LogP contribution in [0.15, 0.2) is 0 Å². The van der Waals surface area contributed by atoms with E-state index in [0.29, 0.717) is 12.1 Å². The molecule has 0 aromatic rings. The standard InChI is InChI=1S/C15H28N2O/c1-3-12-9-16-13(11-7-8-11)10-17(12)14-5-4-6-15(14)18-2/h11-16H,3-10H2,1-2H3. The number of methoxy groups -OCH3 is 1. The van der Waals surface area contributed by atoms with Crippen molar-refractivity contribution in [3.05, 3.63) is 0 Å². The number of hydrogen-bond acceptors (Lipinski definition) is 3. The van der Waals surface area contributed by atoms with Crippen LogP contribution in [0.3, 0.4) is 0 Å². The van der Waals surface area contributed by atoms with Crippen LogP contribution in [0.5, 0.6) is 0 Å². The van der Waals surface area contributed by atoms with Gasteiger partial charge in [0.15, 0.2) is 0 Å². The molecule has 4 atom stereocenters. The number of nitrogens with zero attached hydrogens (tertiary/aromatic N) is 1. The van der Waals surface area contributed by atoms with Crippen LogP contribution >= 0.6 is 0 Å². The molecular formula is C15H28N2O. The van der Waals surface area contributed by atoms with E-state index in [9.17, 15) is 0 Å². The highest BCUT2D eigenvalue weighted by Crippen LogP contribution is 2.36. The number of nitrogens with one attached hydrogen (secondary N) is 1. The lowest BCUT2D eigenvalue weighted by Gasteiger charge is -2.45. The summed E-state index contributed by atoms with van der Waals surface area (Å²) in [6.07, 6.45) is 8.58. The molecule has 0 aromatic carbocycles.